The van der Waals surface area contributed by atoms with E-state index in [1.807, 2.05) is 28.8 Å². The first-order chi connectivity index (χ1) is 13.3. The molecule has 0 aliphatic carbocycles. The zero-order valence-electron chi connectivity index (χ0n) is 14.3. The molecule has 0 saturated carbocycles. The van der Waals surface area contributed by atoms with E-state index in [4.69, 9.17) is 11.6 Å². The number of imidazole rings is 1. The molecule has 0 spiro atoms. The minimum atomic E-state index is -4.50. The highest BCUT2D eigenvalue weighted by atomic mass is 35.5. The monoisotopic (exact) mass is 406 g/mol. The summed E-state index contributed by atoms with van der Waals surface area (Å²) in [7, 11) is 0. The first-order valence-corrected chi connectivity index (χ1v) is 8.75. The third kappa shape index (κ3) is 3.31. The maximum Gasteiger partial charge on any atom is 0.416 e. The van der Waals surface area contributed by atoms with Crippen molar-refractivity contribution in [1.29, 1.82) is 0 Å². The number of hydrogen-bond donors (Lipinski definition) is 2. The van der Waals surface area contributed by atoms with E-state index in [1.165, 1.54) is 0 Å². The number of nitrogens with zero attached hydrogens (tertiary/aromatic N) is 2. The Bertz CT molecular complexity index is 1050. The number of nitrogens with one attached hydrogen (secondary N) is 2. The summed E-state index contributed by atoms with van der Waals surface area (Å²) in [6.07, 6.45) is -1.03. The molecular weight excluding hydrogens is 393 g/mol. The van der Waals surface area contributed by atoms with Gasteiger partial charge < -0.3 is 15.2 Å². The van der Waals surface area contributed by atoms with E-state index in [2.05, 4.69) is 15.6 Å². The SMILES string of the molecule is O=C(NCC1c2ccccc2-c2cncn21)Nc1ccc(C(F)(F)F)cc1Cl. The number of urea groups is 1. The molecule has 3 aromatic rings. The number of aromatic nitrogens is 2. The minimum absolute atomic E-state index is 0.0994. The highest BCUT2D eigenvalue weighted by molar-refractivity contribution is 6.33. The summed E-state index contributed by atoms with van der Waals surface area (Å²) in [6, 6.07) is 9.93. The first-order valence-electron chi connectivity index (χ1n) is 8.37. The summed E-state index contributed by atoms with van der Waals surface area (Å²) in [5, 5.41) is 5.03. The minimum Gasteiger partial charge on any atom is -0.335 e. The Morgan fingerprint density at radius 2 is 2.00 bits per heavy atom. The number of anilines is 1. The average Bonchev–Trinajstić information content (AvgIpc) is 3.22. The average molecular weight is 407 g/mol. The van der Waals surface area contributed by atoms with Crippen LogP contribution in [0, 0.1) is 0 Å². The lowest BCUT2D eigenvalue weighted by Crippen LogP contribution is -2.33. The van der Waals surface area contributed by atoms with Crippen molar-refractivity contribution in [3.05, 3.63) is 71.1 Å². The van der Waals surface area contributed by atoms with Gasteiger partial charge in [0.1, 0.15) is 0 Å². The Hall–Kier alpha value is -3.00. The standard InChI is InChI=1S/C19H14ClF3N4O/c20-14-7-11(19(21,22)23)5-6-15(14)26-18(28)25-9-17-13-4-2-1-3-12(13)16-8-24-10-27(16)17/h1-8,10,17H,9H2,(H2,25,26,28). The summed E-state index contributed by atoms with van der Waals surface area (Å²) in [4.78, 5) is 16.4. The van der Waals surface area contributed by atoms with Crippen molar-refractivity contribution in [2.45, 2.75) is 12.2 Å². The molecule has 0 saturated heterocycles. The van der Waals surface area contributed by atoms with Gasteiger partial charge in [0.2, 0.25) is 0 Å². The van der Waals surface area contributed by atoms with Gasteiger partial charge in [-0.2, -0.15) is 13.2 Å². The lowest BCUT2D eigenvalue weighted by molar-refractivity contribution is -0.137. The number of amides is 2. The lowest BCUT2D eigenvalue weighted by atomic mass is 10.0. The van der Waals surface area contributed by atoms with Gasteiger partial charge in [-0.05, 0) is 23.8 Å². The molecule has 1 aliphatic heterocycles. The van der Waals surface area contributed by atoms with Crippen LogP contribution in [0.5, 0.6) is 0 Å². The van der Waals surface area contributed by atoms with E-state index in [0.29, 0.717) is 0 Å². The predicted octanol–water partition coefficient (Wildman–Crippen LogP) is 4.95. The molecule has 1 aliphatic rings. The number of hydrogen-bond acceptors (Lipinski definition) is 2. The molecule has 28 heavy (non-hydrogen) atoms. The van der Waals surface area contributed by atoms with Crippen molar-refractivity contribution >= 4 is 23.3 Å². The van der Waals surface area contributed by atoms with E-state index in [0.717, 1.165) is 35.0 Å². The maximum absolute atomic E-state index is 12.7. The van der Waals surface area contributed by atoms with Crippen molar-refractivity contribution < 1.29 is 18.0 Å². The number of alkyl halides is 3. The van der Waals surface area contributed by atoms with Crippen LogP contribution in [0.3, 0.4) is 0 Å². The van der Waals surface area contributed by atoms with Gasteiger partial charge in [0.05, 0.1) is 40.5 Å². The summed E-state index contributed by atoms with van der Waals surface area (Å²) in [5.41, 5.74) is 2.31. The molecule has 9 heteroatoms. The van der Waals surface area contributed by atoms with Gasteiger partial charge in [-0.15, -0.1) is 0 Å². The molecule has 1 aromatic heterocycles. The number of halogens is 4. The summed E-state index contributed by atoms with van der Waals surface area (Å²) >= 11 is 5.87. The molecule has 1 unspecified atom stereocenters. The Morgan fingerprint density at radius 1 is 1.21 bits per heavy atom. The van der Waals surface area contributed by atoms with Crippen LogP contribution < -0.4 is 10.6 Å². The maximum atomic E-state index is 12.7. The van der Waals surface area contributed by atoms with E-state index in [-0.39, 0.29) is 23.3 Å². The second-order valence-electron chi connectivity index (χ2n) is 6.32. The van der Waals surface area contributed by atoms with Gasteiger partial charge in [0.15, 0.2) is 0 Å². The van der Waals surface area contributed by atoms with Crippen LogP contribution in [0.25, 0.3) is 11.3 Å². The molecule has 2 aromatic carbocycles. The fraction of sp³-hybridized carbons (Fsp3) is 0.158. The fourth-order valence-electron chi connectivity index (χ4n) is 3.29. The van der Waals surface area contributed by atoms with E-state index >= 15 is 0 Å². The largest absolute Gasteiger partial charge is 0.416 e. The fourth-order valence-corrected chi connectivity index (χ4v) is 3.52. The second-order valence-corrected chi connectivity index (χ2v) is 6.72. The van der Waals surface area contributed by atoms with Crippen LogP contribution in [0.15, 0.2) is 55.0 Å². The molecule has 2 N–H and O–H groups in total. The van der Waals surface area contributed by atoms with Crippen LogP contribution in [0.2, 0.25) is 5.02 Å². The molecule has 4 rings (SSSR count). The van der Waals surface area contributed by atoms with Gasteiger partial charge in [0, 0.05) is 12.1 Å². The molecular formula is C19H14ClF3N4O. The van der Waals surface area contributed by atoms with Gasteiger partial charge in [-0.1, -0.05) is 35.9 Å². The topological polar surface area (TPSA) is 59.0 Å². The molecule has 0 fully saturated rings. The molecule has 0 bridgehead atoms. The third-order valence-electron chi connectivity index (χ3n) is 4.60. The summed E-state index contributed by atoms with van der Waals surface area (Å²) < 4.78 is 40.1. The normalized spacial score (nSPS) is 15.1. The Morgan fingerprint density at radius 3 is 2.75 bits per heavy atom. The van der Waals surface area contributed by atoms with Gasteiger partial charge in [-0.25, -0.2) is 9.78 Å². The Labute approximate surface area is 163 Å². The van der Waals surface area contributed by atoms with Crippen molar-refractivity contribution in [3.63, 3.8) is 0 Å². The summed E-state index contributed by atoms with van der Waals surface area (Å²) in [5.74, 6) is 0. The Kier molecular flexibility index (Phi) is 4.50. The predicted molar refractivity (Wildman–Crippen MR) is 99.3 cm³/mol. The number of carbonyl (C=O) groups is 1. The zero-order valence-corrected chi connectivity index (χ0v) is 15.1. The van der Waals surface area contributed by atoms with Crippen LogP contribution in [-0.4, -0.2) is 22.1 Å². The number of fused-ring (bicyclic) bond motifs is 3. The van der Waals surface area contributed by atoms with Crippen LogP contribution in [0.4, 0.5) is 23.7 Å². The molecule has 5 nitrogen and oxygen atoms in total. The van der Waals surface area contributed by atoms with E-state index in [1.54, 1.807) is 12.5 Å². The lowest BCUT2D eigenvalue weighted by Gasteiger charge is -2.16. The molecule has 2 heterocycles. The van der Waals surface area contributed by atoms with E-state index < -0.39 is 17.8 Å². The molecule has 144 valence electrons. The van der Waals surface area contributed by atoms with Crippen molar-refractivity contribution in [3.8, 4) is 11.3 Å². The van der Waals surface area contributed by atoms with Crippen molar-refractivity contribution in [2.24, 2.45) is 0 Å². The van der Waals surface area contributed by atoms with Gasteiger partial charge >= 0.3 is 12.2 Å². The van der Waals surface area contributed by atoms with Gasteiger partial charge in [0.25, 0.3) is 0 Å². The quantitative estimate of drug-likeness (QED) is 0.646. The second kappa shape index (κ2) is 6.87. The molecule has 0 radical (unpaired) electrons. The number of carbonyl (C=O) groups excluding carboxylic acids is 1. The number of benzene rings is 2. The highest BCUT2D eigenvalue weighted by Crippen LogP contribution is 2.38. The molecule has 2 amide bonds. The van der Waals surface area contributed by atoms with E-state index in [9.17, 15) is 18.0 Å². The Balaban J connectivity index is 1.45. The highest BCUT2D eigenvalue weighted by Gasteiger charge is 2.31. The smallest absolute Gasteiger partial charge is 0.335 e. The summed E-state index contributed by atoms with van der Waals surface area (Å²) in [6.45, 7) is 0.282. The van der Waals surface area contributed by atoms with Crippen LogP contribution in [-0.2, 0) is 6.18 Å². The van der Waals surface area contributed by atoms with Crippen molar-refractivity contribution in [1.82, 2.24) is 14.9 Å². The first kappa shape index (κ1) is 18.4. The van der Waals surface area contributed by atoms with Crippen LogP contribution >= 0.6 is 11.6 Å². The van der Waals surface area contributed by atoms with Crippen LogP contribution in [0.1, 0.15) is 17.2 Å². The van der Waals surface area contributed by atoms with Gasteiger partial charge in [-0.3, -0.25) is 0 Å². The molecule has 1 atom stereocenters. The number of rotatable bonds is 3. The zero-order chi connectivity index (χ0) is 19.9. The third-order valence-corrected chi connectivity index (χ3v) is 4.91. The van der Waals surface area contributed by atoms with Crippen molar-refractivity contribution in [2.75, 3.05) is 11.9 Å².